The fourth-order valence-electron chi connectivity index (χ4n) is 1.99. The van der Waals surface area contributed by atoms with Gasteiger partial charge in [-0.15, -0.1) is 0 Å². The summed E-state index contributed by atoms with van der Waals surface area (Å²) in [6.45, 7) is 0. The maximum absolute atomic E-state index is 6.23. The van der Waals surface area contributed by atoms with Crippen molar-refractivity contribution in [3.8, 4) is 0 Å². The number of halogens is 1. The number of hydrogen-bond donors (Lipinski definition) is 1. The summed E-state index contributed by atoms with van der Waals surface area (Å²) in [4.78, 5) is 0. The van der Waals surface area contributed by atoms with Gasteiger partial charge in [0, 0.05) is 23.5 Å². The standard InChI is InChI=1S/C11H12BrN3/c1-15-10(12)7-3-2-4-8(9(7)14-15)11(13)5-6-11/h2-4H,5-6,13H2,1H3. The summed E-state index contributed by atoms with van der Waals surface area (Å²) in [6, 6.07) is 6.22. The molecule has 2 N–H and O–H groups in total. The van der Waals surface area contributed by atoms with E-state index in [0.29, 0.717) is 0 Å². The van der Waals surface area contributed by atoms with Crippen molar-refractivity contribution in [3.05, 3.63) is 28.4 Å². The van der Waals surface area contributed by atoms with E-state index in [1.165, 1.54) is 5.56 Å². The van der Waals surface area contributed by atoms with Crippen LogP contribution < -0.4 is 5.73 Å². The highest BCUT2D eigenvalue weighted by atomic mass is 79.9. The van der Waals surface area contributed by atoms with E-state index in [1.807, 2.05) is 11.7 Å². The summed E-state index contributed by atoms with van der Waals surface area (Å²) < 4.78 is 2.86. The van der Waals surface area contributed by atoms with Crippen LogP contribution in [0.5, 0.6) is 0 Å². The average molecular weight is 266 g/mol. The normalized spacial score (nSPS) is 18.3. The van der Waals surface area contributed by atoms with Crippen LogP contribution in [0.4, 0.5) is 0 Å². The van der Waals surface area contributed by atoms with Crippen molar-refractivity contribution in [1.82, 2.24) is 9.78 Å². The minimum absolute atomic E-state index is 0.118. The highest BCUT2D eigenvalue weighted by Crippen LogP contribution is 2.45. The molecule has 1 saturated carbocycles. The highest BCUT2D eigenvalue weighted by molar-refractivity contribution is 9.10. The number of benzene rings is 1. The fraction of sp³-hybridized carbons (Fsp3) is 0.364. The molecule has 1 aliphatic rings. The Labute approximate surface area is 96.4 Å². The van der Waals surface area contributed by atoms with E-state index in [-0.39, 0.29) is 5.54 Å². The number of aryl methyl sites for hydroxylation is 1. The van der Waals surface area contributed by atoms with Crippen LogP contribution in [0.25, 0.3) is 10.9 Å². The van der Waals surface area contributed by atoms with Gasteiger partial charge in [-0.25, -0.2) is 0 Å². The first-order chi connectivity index (χ1) is 7.12. The third-order valence-electron chi connectivity index (χ3n) is 3.12. The van der Waals surface area contributed by atoms with Gasteiger partial charge in [-0.3, -0.25) is 4.68 Å². The van der Waals surface area contributed by atoms with Gasteiger partial charge in [0.1, 0.15) is 4.60 Å². The molecular formula is C11H12BrN3. The predicted molar refractivity (Wildman–Crippen MR) is 63.5 cm³/mol. The van der Waals surface area contributed by atoms with E-state index in [2.05, 4.69) is 39.2 Å². The SMILES string of the molecule is Cn1nc2c(C3(N)CC3)cccc2c1Br. The molecule has 0 amide bonds. The molecule has 1 aromatic heterocycles. The Kier molecular flexibility index (Phi) is 1.77. The summed E-state index contributed by atoms with van der Waals surface area (Å²) in [6.07, 6.45) is 2.14. The topological polar surface area (TPSA) is 43.8 Å². The molecule has 78 valence electrons. The Hall–Kier alpha value is -0.870. The first-order valence-corrected chi connectivity index (χ1v) is 5.82. The van der Waals surface area contributed by atoms with E-state index >= 15 is 0 Å². The third-order valence-corrected chi connectivity index (χ3v) is 4.06. The van der Waals surface area contributed by atoms with Crippen molar-refractivity contribution < 1.29 is 0 Å². The second-order valence-electron chi connectivity index (χ2n) is 4.27. The molecule has 4 heteroatoms. The number of fused-ring (bicyclic) bond motifs is 1. The van der Waals surface area contributed by atoms with Crippen LogP contribution in [0.2, 0.25) is 0 Å². The smallest absolute Gasteiger partial charge is 0.111 e. The molecule has 1 aliphatic carbocycles. The molecule has 1 heterocycles. The van der Waals surface area contributed by atoms with E-state index in [0.717, 1.165) is 28.3 Å². The molecule has 0 spiro atoms. The second kappa shape index (κ2) is 2.83. The summed E-state index contributed by atoms with van der Waals surface area (Å²) in [5, 5.41) is 5.65. The zero-order valence-corrected chi connectivity index (χ0v) is 10.1. The molecule has 0 atom stereocenters. The van der Waals surface area contributed by atoms with Crippen molar-refractivity contribution >= 4 is 26.8 Å². The Morgan fingerprint density at radius 2 is 2.20 bits per heavy atom. The van der Waals surface area contributed by atoms with Gasteiger partial charge in [-0.1, -0.05) is 18.2 Å². The van der Waals surface area contributed by atoms with E-state index in [1.54, 1.807) is 0 Å². The number of nitrogens with two attached hydrogens (primary N) is 1. The third kappa shape index (κ3) is 1.25. The first-order valence-electron chi connectivity index (χ1n) is 5.02. The molecule has 1 fully saturated rings. The molecule has 3 nitrogen and oxygen atoms in total. The van der Waals surface area contributed by atoms with Crippen LogP contribution in [0.15, 0.2) is 22.8 Å². The molecule has 2 aromatic rings. The molecule has 0 radical (unpaired) electrons. The average Bonchev–Trinajstić information content (AvgIpc) is 2.90. The van der Waals surface area contributed by atoms with Crippen LogP contribution in [0, 0.1) is 0 Å². The summed E-state index contributed by atoms with van der Waals surface area (Å²) in [7, 11) is 1.93. The molecular weight excluding hydrogens is 254 g/mol. The van der Waals surface area contributed by atoms with Gasteiger partial charge in [-0.05, 0) is 28.8 Å². The lowest BCUT2D eigenvalue weighted by Crippen LogP contribution is -2.19. The zero-order valence-electron chi connectivity index (χ0n) is 8.50. The molecule has 0 unspecified atom stereocenters. The monoisotopic (exact) mass is 265 g/mol. The lowest BCUT2D eigenvalue weighted by molar-refractivity contribution is 0.730. The second-order valence-corrected chi connectivity index (χ2v) is 5.02. The van der Waals surface area contributed by atoms with Gasteiger partial charge in [0.25, 0.3) is 0 Å². The molecule has 1 aromatic carbocycles. The highest BCUT2D eigenvalue weighted by Gasteiger charge is 2.41. The molecule has 0 saturated heterocycles. The minimum atomic E-state index is -0.118. The van der Waals surface area contributed by atoms with Gasteiger partial charge in [0.15, 0.2) is 0 Å². The molecule has 15 heavy (non-hydrogen) atoms. The lowest BCUT2D eigenvalue weighted by Gasteiger charge is -2.08. The number of rotatable bonds is 1. The van der Waals surface area contributed by atoms with Crippen molar-refractivity contribution in [3.63, 3.8) is 0 Å². The number of aromatic nitrogens is 2. The van der Waals surface area contributed by atoms with Gasteiger partial charge in [0.2, 0.25) is 0 Å². The minimum Gasteiger partial charge on any atom is -0.321 e. The Balaban J connectivity index is 2.36. The summed E-state index contributed by atoms with van der Waals surface area (Å²) >= 11 is 3.53. The van der Waals surface area contributed by atoms with Crippen LogP contribution in [0.1, 0.15) is 18.4 Å². The van der Waals surface area contributed by atoms with E-state index in [9.17, 15) is 0 Å². The van der Waals surface area contributed by atoms with Crippen LogP contribution in [-0.2, 0) is 12.6 Å². The van der Waals surface area contributed by atoms with Gasteiger partial charge < -0.3 is 5.73 Å². The maximum Gasteiger partial charge on any atom is 0.111 e. The summed E-state index contributed by atoms with van der Waals surface area (Å²) in [5.41, 5.74) is 8.33. The van der Waals surface area contributed by atoms with Crippen LogP contribution in [0.3, 0.4) is 0 Å². The van der Waals surface area contributed by atoms with Crippen LogP contribution >= 0.6 is 15.9 Å². The summed E-state index contributed by atoms with van der Waals surface area (Å²) in [5.74, 6) is 0. The Bertz CT molecular complexity index is 540. The Morgan fingerprint density at radius 3 is 2.87 bits per heavy atom. The lowest BCUT2D eigenvalue weighted by atomic mass is 10.0. The predicted octanol–water partition coefficient (Wildman–Crippen LogP) is 2.28. The number of nitrogens with zero attached hydrogens (tertiary/aromatic N) is 2. The van der Waals surface area contributed by atoms with Gasteiger partial charge in [0.05, 0.1) is 5.52 Å². The van der Waals surface area contributed by atoms with Crippen molar-refractivity contribution in [2.24, 2.45) is 12.8 Å². The first kappa shape index (κ1) is 9.36. The maximum atomic E-state index is 6.23. The van der Waals surface area contributed by atoms with Crippen molar-refractivity contribution in [2.75, 3.05) is 0 Å². The van der Waals surface area contributed by atoms with Crippen molar-refractivity contribution in [1.29, 1.82) is 0 Å². The van der Waals surface area contributed by atoms with E-state index < -0.39 is 0 Å². The van der Waals surface area contributed by atoms with Crippen LogP contribution in [-0.4, -0.2) is 9.78 Å². The van der Waals surface area contributed by atoms with Gasteiger partial charge >= 0.3 is 0 Å². The number of hydrogen-bond acceptors (Lipinski definition) is 2. The zero-order chi connectivity index (χ0) is 10.6. The van der Waals surface area contributed by atoms with E-state index in [4.69, 9.17) is 5.73 Å². The van der Waals surface area contributed by atoms with Gasteiger partial charge in [-0.2, -0.15) is 5.10 Å². The molecule has 0 aliphatic heterocycles. The molecule has 3 rings (SSSR count). The quantitative estimate of drug-likeness (QED) is 0.860. The largest absolute Gasteiger partial charge is 0.321 e. The fourth-order valence-corrected chi connectivity index (χ4v) is 2.39. The van der Waals surface area contributed by atoms with Crippen molar-refractivity contribution in [2.45, 2.75) is 18.4 Å². The molecule has 0 bridgehead atoms. The Morgan fingerprint density at radius 1 is 1.47 bits per heavy atom.